The SMILES string of the molecule is CN(C)CCn1ncc(Cl)c1C(=O)CNCC(F)(F)F. The van der Waals surface area contributed by atoms with E-state index in [1.807, 2.05) is 24.3 Å². The van der Waals surface area contributed by atoms with Crippen LogP contribution in [-0.4, -0.2) is 60.4 Å². The second-order valence-electron chi connectivity index (χ2n) is 4.51. The Balaban J connectivity index is 2.65. The normalized spacial score (nSPS) is 12.2. The van der Waals surface area contributed by atoms with E-state index in [0.29, 0.717) is 13.1 Å². The molecule has 0 bridgehead atoms. The minimum atomic E-state index is -4.35. The molecule has 0 atom stereocenters. The summed E-state index contributed by atoms with van der Waals surface area (Å²) in [6.45, 7) is -0.594. The number of Topliss-reactive ketones (excluding diaryl/α,β-unsaturated/α-hetero) is 1. The highest BCUT2D eigenvalue weighted by molar-refractivity contribution is 6.33. The second-order valence-corrected chi connectivity index (χ2v) is 4.92. The number of aromatic nitrogens is 2. The highest BCUT2D eigenvalue weighted by Gasteiger charge is 2.27. The minimum absolute atomic E-state index is 0.128. The first-order valence-corrected chi connectivity index (χ1v) is 6.25. The first-order valence-electron chi connectivity index (χ1n) is 5.87. The molecule has 0 radical (unpaired) electrons. The van der Waals surface area contributed by atoms with E-state index >= 15 is 0 Å². The molecule has 9 heteroatoms. The van der Waals surface area contributed by atoms with Gasteiger partial charge in [-0.25, -0.2) is 0 Å². The van der Waals surface area contributed by atoms with Gasteiger partial charge in [0, 0.05) is 6.54 Å². The molecule has 0 unspecified atom stereocenters. The maximum atomic E-state index is 12.0. The maximum Gasteiger partial charge on any atom is 0.401 e. The fourth-order valence-electron chi connectivity index (χ4n) is 1.51. The van der Waals surface area contributed by atoms with Gasteiger partial charge in [0.05, 0.1) is 30.9 Å². The van der Waals surface area contributed by atoms with Crippen LogP contribution in [0.25, 0.3) is 0 Å². The summed E-state index contributed by atoms with van der Waals surface area (Å²) in [5.74, 6) is -0.518. The fourth-order valence-corrected chi connectivity index (χ4v) is 1.75. The number of halogens is 4. The van der Waals surface area contributed by atoms with Gasteiger partial charge in [-0.3, -0.25) is 9.48 Å². The first-order chi connectivity index (χ1) is 9.20. The van der Waals surface area contributed by atoms with Crippen molar-refractivity contribution < 1.29 is 18.0 Å². The van der Waals surface area contributed by atoms with E-state index in [1.165, 1.54) is 10.9 Å². The van der Waals surface area contributed by atoms with Gasteiger partial charge in [-0.15, -0.1) is 0 Å². The summed E-state index contributed by atoms with van der Waals surface area (Å²) in [6.07, 6.45) is -3.04. The molecule has 1 N–H and O–H groups in total. The molecule has 0 aliphatic carbocycles. The van der Waals surface area contributed by atoms with Crippen LogP contribution in [0.1, 0.15) is 10.5 Å². The average molecular weight is 313 g/mol. The number of rotatable bonds is 7. The molecule has 0 spiro atoms. The molecule has 0 aromatic carbocycles. The molecular formula is C11H16ClF3N4O. The molecule has 0 saturated carbocycles. The van der Waals surface area contributed by atoms with E-state index in [4.69, 9.17) is 11.6 Å². The van der Waals surface area contributed by atoms with E-state index in [-0.39, 0.29) is 10.7 Å². The van der Waals surface area contributed by atoms with Crippen LogP contribution < -0.4 is 5.32 Å². The van der Waals surface area contributed by atoms with E-state index in [9.17, 15) is 18.0 Å². The van der Waals surface area contributed by atoms with Gasteiger partial charge in [0.2, 0.25) is 0 Å². The molecule has 5 nitrogen and oxygen atoms in total. The van der Waals surface area contributed by atoms with E-state index in [1.54, 1.807) is 0 Å². The number of hydrogen-bond acceptors (Lipinski definition) is 4. The van der Waals surface area contributed by atoms with Crippen molar-refractivity contribution in [3.63, 3.8) is 0 Å². The summed E-state index contributed by atoms with van der Waals surface area (Å²) in [7, 11) is 3.72. The number of likely N-dealkylation sites (N-methyl/N-ethyl adjacent to an activating group) is 1. The molecule has 0 saturated heterocycles. The number of nitrogens with zero attached hydrogens (tertiary/aromatic N) is 3. The third kappa shape index (κ3) is 5.48. The van der Waals surface area contributed by atoms with E-state index in [2.05, 4.69) is 5.10 Å². The highest BCUT2D eigenvalue weighted by atomic mass is 35.5. The van der Waals surface area contributed by atoms with Crippen LogP contribution in [0.2, 0.25) is 5.02 Å². The second kappa shape index (κ2) is 7.05. The third-order valence-electron chi connectivity index (χ3n) is 2.43. The zero-order chi connectivity index (χ0) is 15.3. The quantitative estimate of drug-likeness (QED) is 0.774. The Labute approximate surface area is 119 Å². The molecule has 0 aliphatic rings. The predicted molar refractivity (Wildman–Crippen MR) is 69.0 cm³/mol. The maximum absolute atomic E-state index is 12.0. The summed E-state index contributed by atoms with van der Waals surface area (Å²) in [4.78, 5) is 13.8. The van der Waals surface area contributed by atoms with Gasteiger partial charge in [-0.05, 0) is 14.1 Å². The number of hydrogen-bond donors (Lipinski definition) is 1. The topological polar surface area (TPSA) is 50.2 Å². The van der Waals surface area contributed by atoms with Crippen LogP contribution in [-0.2, 0) is 6.54 Å². The zero-order valence-electron chi connectivity index (χ0n) is 11.2. The summed E-state index contributed by atoms with van der Waals surface area (Å²) in [6, 6.07) is 0. The molecule has 1 aromatic heterocycles. The van der Waals surface area contributed by atoms with Crippen LogP contribution in [0.3, 0.4) is 0 Å². The van der Waals surface area contributed by atoms with Crippen LogP contribution in [0, 0.1) is 0 Å². The molecule has 1 aromatic rings. The lowest BCUT2D eigenvalue weighted by atomic mass is 10.2. The van der Waals surface area contributed by atoms with Crippen molar-refractivity contribution in [2.75, 3.05) is 33.7 Å². The lowest BCUT2D eigenvalue weighted by molar-refractivity contribution is -0.124. The van der Waals surface area contributed by atoms with Gasteiger partial charge in [0.25, 0.3) is 0 Å². The Morgan fingerprint density at radius 3 is 2.70 bits per heavy atom. The average Bonchev–Trinajstić information content (AvgIpc) is 2.66. The molecule has 0 fully saturated rings. The molecular weight excluding hydrogens is 297 g/mol. The number of carbonyl (C=O) groups is 1. The largest absolute Gasteiger partial charge is 0.401 e. The van der Waals surface area contributed by atoms with Crippen LogP contribution in [0.5, 0.6) is 0 Å². The van der Waals surface area contributed by atoms with Crippen LogP contribution >= 0.6 is 11.6 Å². The standard InChI is InChI=1S/C11H16ClF3N4O/c1-18(2)3-4-19-10(8(12)5-17-19)9(20)6-16-7-11(13,14)15/h5,16H,3-4,6-7H2,1-2H3. The molecule has 0 aliphatic heterocycles. The Bertz CT molecular complexity index is 459. The number of nitrogens with one attached hydrogen (secondary N) is 1. The third-order valence-corrected chi connectivity index (χ3v) is 2.71. The van der Waals surface area contributed by atoms with Gasteiger partial charge < -0.3 is 10.2 Å². The smallest absolute Gasteiger partial charge is 0.308 e. The van der Waals surface area contributed by atoms with Crippen LogP contribution in [0.4, 0.5) is 13.2 Å². The highest BCUT2D eigenvalue weighted by Crippen LogP contribution is 2.16. The monoisotopic (exact) mass is 312 g/mol. The van der Waals surface area contributed by atoms with Gasteiger partial charge in [-0.1, -0.05) is 11.6 Å². The predicted octanol–water partition coefficient (Wildman–Crippen LogP) is 1.43. The summed E-state index contributed by atoms with van der Waals surface area (Å²) < 4.78 is 37.4. The van der Waals surface area contributed by atoms with Gasteiger partial charge in [-0.2, -0.15) is 18.3 Å². The number of ketones is 1. The van der Waals surface area contributed by atoms with Crippen molar-refractivity contribution in [3.8, 4) is 0 Å². The first kappa shape index (κ1) is 16.9. The number of alkyl halides is 3. The van der Waals surface area contributed by atoms with Gasteiger partial charge in [0.15, 0.2) is 5.78 Å². The molecule has 0 amide bonds. The summed E-state index contributed by atoms with van der Waals surface area (Å²) in [5, 5.41) is 6.14. The molecule has 20 heavy (non-hydrogen) atoms. The lowest BCUT2D eigenvalue weighted by Gasteiger charge is -2.12. The zero-order valence-corrected chi connectivity index (χ0v) is 11.9. The van der Waals surface area contributed by atoms with Crippen molar-refractivity contribution in [2.45, 2.75) is 12.7 Å². The Morgan fingerprint density at radius 1 is 1.50 bits per heavy atom. The van der Waals surface area contributed by atoms with E-state index in [0.717, 1.165) is 0 Å². The minimum Gasteiger partial charge on any atom is -0.308 e. The molecule has 1 heterocycles. The molecule has 1 rings (SSSR count). The van der Waals surface area contributed by atoms with Crippen molar-refractivity contribution >= 4 is 17.4 Å². The van der Waals surface area contributed by atoms with Gasteiger partial charge >= 0.3 is 6.18 Å². The van der Waals surface area contributed by atoms with Crippen molar-refractivity contribution in [1.82, 2.24) is 20.0 Å². The molecule has 114 valence electrons. The van der Waals surface area contributed by atoms with Gasteiger partial charge in [0.1, 0.15) is 5.69 Å². The lowest BCUT2D eigenvalue weighted by Crippen LogP contribution is -2.33. The van der Waals surface area contributed by atoms with Crippen molar-refractivity contribution in [2.24, 2.45) is 0 Å². The number of carbonyl (C=O) groups excluding carboxylic acids is 1. The summed E-state index contributed by atoms with van der Waals surface area (Å²) >= 11 is 5.86. The summed E-state index contributed by atoms with van der Waals surface area (Å²) in [5.41, 5.74) is 0.128. The van der Waals surface area contributed by atoms with E-state index < -0.39 is 25.0 Å². The van der Waals surface area contributed by atoms with Crippen molar-refractivity contribution in [1.29, 1.82) is 0 Å². The van der Waals surface area contributed by atoms with Crippen molar-refractivity contribution in [3.05, 3.63) is 16.9 Å². The Morgan fingerprint density at radius 2 is 2.15 bits per heavy atom. The fraction of sp³-hybridized carbons (Fsp3) is 0.636. The van der Waals surface area contributed by atoms with Crippen LogP contribution in [0.15, 0.2) is 6.20 Å². The Hall–Kier alpha value is -1.12. The Kier molecular flexibility index (Phi) is 5.97.